The summed E-state index contributed by atoms with van der Waals surface area (Å²) in [6.07, 6.45) is 0. The molecule has 0 bridgehead atoms. The fourth-order valence-electron chi connectivity index (χ4n) is 2.16. The number of hydrogen-bond donors (Lipinski definition) is 0. The summed E-state index contributed by atoms with van der Waals surface area (Å²) in [6.45, 7) is 2.90. The summed E-state index contributed by atoms with van der Waals surface area (Å²) in [5, 5.41) is 2.10. The molecule has 19 heavy (non-hydrogen) atoms. The van der Waals surface area contributed by atoms with Crippen LogP contribution in [0.1, 0.15) is 16.3 Å². The van der Waals surface area contributed by atoms with Crippen LogP contribution in [0, 0.1) is 6.92 Å². The smallest absolute Gasteiger partial charge is 0.125 e. The van der Waals surface area contributed by atoms with Gasteiger partial charge in [0.15, 0.2) is 0 Å². The second-order valence-electron chi connectivity index (χ2n) is 4.47. The molecule has 2 aromatic heterocycles. The van der Waals surface area contributed by atoms with Gasteiger partial charge in [0.05, 0.1) is 23.5 Å². The number of imidazole rings is 1. The van der Waals surface area contributed by atoms with Crippen molar-refractivity contribution in [1.82, 2.24) is 9.55 Å². The van der Waals surface area contributed by atoms with Crippen molar-refractivity contribution < 1.29 is 0 Å². The van der Waals surface area contributed by atoms with Crippen LogP contribution < -0.4 is 0 Å². The predicted octanol–water partition coefficient (Wildman–Crippen LogP) is 4.96. The van der Waals surface area contributed by atoms with Gasteiger partial charge in [-0.15, -0.1) is 22.9 Å². The van der Waals surface area contributed by atoms with Crippen molar-refractivity contribution in [3.05, 3.63) is 50.4 Å². The molecule has 0 amide bonds. The van der Waals surface area contributed by atoms with Crippen molar-refractivity contribution in [2.45, 2.75) is 19.3 Å². The van der Waals surface area contributed by atoms with Gasteiger partial charge in [-0.05, 0) is 46.6 Å². The number of halogens is 2. The van der Waals surface area contributed by atoms with Crippen LogP contribution in [0.3, 0.4) is 0 Å². The van der Waals surface area contributed by atoms with Crippen molar-refractivity contribution in [2.24, 2.45) is 0 Å². The van der Waals surface area contributed by atoms with E-state index in [2.05, 4.69) is 62.1 Å². The standard InChI is InChI=1S/C14H12BrClN2S/c1-9-2-3-13-12(4-9)17-14(6-16)18(13)7-11-5-10(15)8-19-11/h2-5,8H,6-7H2,1H3. The number of aryl methyl sites for hydroxylation is 1. The zero-order valence-corrected chi connectivity index (χ0v) is 13.5. The van der Waals surface area contributed by atoms with Crippen LogP contribution >= 0.6 is 38.9 Å². The van der Waals surface area contributed by atoms with Crippen LogP contribution in [-0.4, -0.2) is 9.55 Å². The molecule has 0 fully saturated rings. The van der Waals surface area contributed by atoms with Crippen LogP contribution in [0.2, 0.25) is 0 Å². The third-order valence-corrected chi connectivity index (χ3v) is 4.96. The molecule has 0 spiro atoms. The molecule has 3 rings (SSSR count). The van der Waals surface area contributed by atoms with Gasteiger partial charge in [0, 0.05) is 14.7 Å². The van der Waals surface area contributed by atoms with E-state index in [1.165, 1.54) is 10.4 Å². The van der Waals surface area contributed by atoms with Crippen molar-refractivity contribution in [2.75, 3.05) is 0 Å². The van der Waals surface area contributed by atoms with Gasteiger partial charge in [0.2, 0.25) is 0 Å². The number of benzene rings is 1. The Morgan fingerprint density at radius 2 is 2.21 bits per heavy atom. The van der Waals surface area contributed by atoms with Gasteiger partial charge in [-0.3, -0.25) is 0 Å². The maximum absolute atomic E-state index is 6.03. The van der Waals surface area contributed by atoms with Gasteiger partial charge in [-0.2, -0.15) is 0 Å². The van der Waals surface area contributed by atoms with Crippen LogP contribution in [-0.2, 0) is 12.4 Å². The first kappa shape index (κ1) is 13.2. The van der Waals surface area contributed by atoms with Crippen LogP contribution in [0.5, 0.6) is 0 Å². The largest absolute Gasteiger partial charge is 0.322 e. The summed E-state index contributed by atoms with van der Waals surface area (Å²) in [5.41, 5.74) is 3.38. The average Bonchev–Trinajstić information content (AvgIpc) is 2.94. The second kappa shape index (κ2) is 5.27. The quantitative estimate of drug-likeness (QED) is 0.607. The lowest BCUT2D eigenvalue weighted by atomic mass is 10.2. The summed E-state index contributed by atoms with van der Waals surface area (Å²) in [5.74, 6) is 1.35. The van der Waals surface area contributed by atoms with Gasteiger partial charge in [0.25, 0.3) is 0 Å². The van der Waals surface area contributed by atoms with Crippen LogP contribution in [0.25, 0.3) is 11.0 Å². The fourth-order valence-corrected chi connectivity index (χ4v) is 3.80. The minimum atomic E-state index is 0.431. The van der Waals surface area contributed by atoms with E-state index in [4.69, 9.17) is 11.6 Å². The minimum Gasteiger partial charge on any atom is -0.322 e. The molecular formula is C14H12BrClN2S. The highest BCUT2D eigenvalue weighted by Gasteiger charge is 2.11. The molecule has 0 atom stereocenters. The highest BCUT2D eigenvalue weighted by molar-refractivity contribution is 9.10. The summed E-state index contributed by atoms with van der Waals surface area (Å²) in [7, 11) is 0. The number of alkyl halides is 1. The van der Waals surface area contributed by atoms with E-state index in [9.17, 15) is 0 Å². The Morgan fingerprint density at radius 3 is 2.89 bits per heavy atom. The Labute approximate surface area is 129 Å². The Bertz CT molecular complexity index is 732. The minimum absolute atomic E-state index is 0.431. The summed E-state index contributed by atoms with van der Waals surface area (Å²) in [6, 6.07) is 8.48. The maximum Gasteiger partial charge on any atom is 0.125 e. The second-order valence-corrected chi connectivity index (χ2v) is 6.65. The van der Waals surface area contributed by atoms with Gasteiger partial charge in [-0.25, -0.2) is 4.98 Å². The molecule has 98 valence electrons. The van der Waals surface area contributed by atoms with Crippen molar-refractivity contribution in [3.63, 3.8) is 0 Å². The third-order valence-electron chi connectivity index (χ3n) is 3.04. The van der Waals surface area contributed by atoms with Crippen molar-refractivity contribution >= 4 is 49.9 Å². The lowest BCUT2D eigenvalue weighted by molar-refractivity contribution is 0.789. The molecule has 2 nitrogen and oxygen atoms in total. The molecular weight excluding hydrogens is 344 g/mol. The Kier molecular flexibility index (Phi) is 3.65. The first-order valence-electron chi connectivity index (χ1n) is 5.92. The van der Waals surface area contributed by atoms with E-state index in [1.807, 2.05) is 0 Å². The number of rotatable bonds is 3. The lowest BCUT2D eigenvalue weighted by Gasteiger charge is -2.05. The highest BCUT2D eigenvalue weighted by atomic mass is 79.9. The maximum atomic E-state index is 6.03. The zero-order chi connectivity index (χ0) is 13.4. The van der Waals surface area contributed by atoms with Crippen LogP contribution in [0.15, 0.2) is 34.1 Å². The van der Waals surface area contributed by atoms with E-state index >= 15 is 0 Å². The van der Waals surface area contributed by atoms with E-state index in [0.29, 0.717) is 5.88 Å². The monoisotopic (exact) mass is 354 g/mol. The Balaban J connectivity index is 2.10. The molecule has 0 saturated heterocycles. The molecule has 0 aliphatic heterocycles. The molecule has 2 heterocycles. The van der Waals surface area contributed by atoms with Gasteiger partial charge in [0.1, 0.15) is 5.82 Å². The first-order chi connectivity index (χ1) is 9.17. The van der Waals surface area contributed by atoms with E-state index in [-0.39, 0.29) is 0 Å². The Morgan fingerprint density at radius 1 is 1.37 bits per heavy atom. The molecule has 3 aromatic rings. The van der Waals surface area contributed by atoms with E-state index < -0.39 is 0 Å². The number of aromatic nitrogens is 2. The van der Waals surface area contributed by atoms with Gasteiger partial charge >= 0.3 is 0 Å². The Hall–Kier alpha value is -0.840. The number of hydrogen-bond acceptors (Lipinski definition) is 2. The first-order valence-corrected chi connectivity index (χ1v) is 8.13. The van der Waals surface area contributed by atoms with Gasteiger partial charge < -0.3 is 4.57 Å². The van der Waals surface area contributed by atoms with Crippen molar-refractivity contribution in [3.8, 4) is 0 Å². The fraction of sp³-hybridized carbons (Fsp3) is 0.214. The van der Waals surface area contributed by atoms with Gasteiger partial charge in [-0.1, -0.05) is 6.07 Å². The number of fused-ring (bicyclic) bond motifs is 1. The average molecular weight is 356 g/mol. The summed E-state index contributed by atoms with van der Waals surface area (Å²) in [4.78, 5) is 5.91. The number of nitrogens with zero attached hydrogens (tertiary/aromatic N) is 2. The highest BCUT2D eigenvalue weighted by Crippen LogP contribution is 2.24. The molecule has 0 aliphatic carbocycles. The van der Waals surface area contributed by atoms with E-state index in [0.717, 1.165) is 27.9 Å². The SMILES string of the molecule is Cc1ccc2c(c1)nc(CCl)n2Cc1cc(Br)cs1. The molecule has 0 radical (unpaired) electrons. The normalized spacial score (nSPS) is 11.3. The summed E-state index contributed by atoms with van der Waals surface area (Å²) >= 11 is 11.3. The van der Waals surface area contributed by atoms with E-state index in [1.54, 1.807) is 11.3 Å². The number of thiophene rings is 1. The lowest BCUT2D eigenvalue weighted by Crippen LogP contribution is -2.02. The summed E-state index contributed by atoms with van der Waals surface area (Å²) < 4.78 is 3.32. The topological polar surface area (TPSA) is 17.8 Å². The molecule has 0 saturated carbocycles. The molecule has 0 aliphatic rings. The van der Waals surface area contributed by atoms with Crippen LogP contribution in [0.4, 0.5) is 0 Å². The molecule has 0 N–H and O–H groups in total. The van der Waals surface area contributed by atoms with Crippen molar-refractivity contribution in [1.29, 1.82) is 0 Å². The third kappa shape index (κ3) is 2.57. The molecule has 1 aromatic carbocycles. The molecule has 0 unspecified atom stereocenters. The zero-order valence-electron chi connectivity index (χ0n) is 10.4. The predicted molar refractivity (Wildman–Crippen MR) is 85.1 cm³/mol. The molecule has 5 heteroatoms.